The molecule has 1 aliphatic carbocycles. The van der Waals surface area contributed by atoms with Gasteiger partial charge in [-0.15, -0.1) is 0 Å². The van der Waals surface area contributed by atoms with Crippen molar-refractivity contribution in [2.75, 3.05) is 6.54 Å². The van der Waals surface area contributed by atoms with Crippen LogP contribution in [0.3, 0.4) is 0 Å². The van der Waals surface area contributed by atoms with Gasteiger partial charge in [0.2, 0.25) is 11.7 Å². The number of nitrogens with two attached hydrogens (primary N) is 1. The minimum absolute atomic E-state index is 0.324. The molecule has 3 rings (SSSR count). The van der Waals surface area contributed by atoms with Crippen LogP contribution in [0.25, 0.3) is 11.5 Å². The summed E-state index contributed by atoms with van der Waals surface area (Å²) in [7, 11) is 1.91. The molecule has 0 aliphatic heterocycles. The van der Waals surface area contributed by atoms with Gasteiger partial charge in [0.15, 0.2) is 0 Å². The Kier molecular flexibility index (Phi) is 2.87. The van der Waals surface area contributed by atoms with Crippen LogP contribution in [0.15, 0.2) is 17.0 Å². The zero-order chi connectivity index (χ0) is 12.5. The molecule has 0 aromatic carbocycles. The molecule has 1 fully saturated rings. The van der Waals surface area contributed by atoms with Crippen LogP contribution in [-0.2, 0) is 7.05 Å². The van der Waals surface area contributed by atoms with Gasteiger partial charge >= 0.3 is 0 Å². The molecule has 0 spiro atoms. The molecule has 2 N–H and O–H groups in total. The maximum atomic E-state index is 5.78. The summed E-state index contributed by atoms with van der Waals surface area (Å²) in [6, 6.07) is 0. The summed E-state index contributed by atoms with van der Waals surface area (Å²) < 4.78 is 7.28. The van der Waals surface area contributed by atoms with Crippen molar-refractivity contribution in [1.82, 2.24) is 19.7 Å². The van der Waals surface area contributed by atoms with Crippen molar-refractivity contribution in [2.45, 2.75) is 25.2 Å². The van der Waals surface area contributed by atoms with Crippen molar-refractivity contribution in [2.24, 2.45) is 18.7 Å². The average molecular weight is 247 g/mol. The average Bonchev–Trinajstić information content (AvgIpc) is 3.06. The molecular formula is C12H17N5O. The fourth-order valence-electron chi connectivity index (χ4n) is 2.71. The molecule has 2 atom stereocenters. The van der Waals surface area contributed by atoms with Crippen molar-refractivity contribution in [3.63, 3.8) is 0 Å². The third-order valence-corrected chi connectivity index (χ3v) is 3.77. The summed E-state index contributed by atoms with van der Waals surface area (Å²) >= 11 is 0. The fourth-order valence-corrected chi connectivity index (χ4v) is 2.71. The number of rotatable bonds is 3. The molecule has 0 amide bonds. The van der Waals surface area contributed by atoms with Gasteiger partial charge in [-0.1, -0.05) is 11.6 Å². The van der Waals surface area contributed by atoms with Gasteiger partial charge in [-0.05, 0) is 25.3 Å². The Balaban J connectivity index is 1.88. The van der Waals surface area contributed by atoms with Crippen LogP contribution in [0.4, 0.5) is 0 Å². The zero-order valence-corrected chi connectivity index (χ0v) is 10.4. The van der Waals surface area contributed by atoms with Crippen LogP contribution in [0.2, 0.25) is 0 Å². The number of aromatic nitrogens is 4. The quantitative estimate of drug-likeness (QED) is 0.884. The van der Waals surface area contributed by atoms with Crippen LogP contribution in [0.5, 0.6) is 0 Å². The lowest BCUT2D eigenvalue weighted by Crippen LogP contribution is -2.17. The first kappa shape index (κ1) is 11.4. The van der Waals surface area contributed by atoms with E-state index >= 15 is 0 Å². The highest BCUT2D eigenvalue weighted by Crippen LogP contribution is 2.38. The van der Waals surface area contributed by atoms with Crippen LogP contribution in [0, 0.1) is 5.92 Å². The summed E-state index contributed by atoms with van der Waals surface area (Å²) in [5, 5.41) is 4.05. The van der Waals surface area contributed by atoms with Crippen molar-refractivity contribution in [3.8, 4) is 11.5 Å². The van der Waals surface area contributed by atoms with Crippen molar-refractivity contribution < 1.29 is 4.52 Å². The van der Waals surface area contributed by atoms with E-state index in [2.05, 4.69) is 15.1 Å². The standard InChI is InChI=1S/C12H17N5O/c1-17-7-14-6-10(17)11-15-12(18-16-11)9-4-2-3-8(9)5-13/h6-9H,2-5,13H2,1H3. The molecule has 2 heterocycles. The summed E-state index contributed by atoms with van der Waals surface area (Å²) in [5.74, 6) is 2.13. The first-order chi connectivity index (χ1) is 8.79. The maximum absolute atomic E-state index is 5.78. The summed E-state index contributed by atoms with van der Waals surface area (Å²) in [4.78, 5) is 8.56. The monoisotopic (exact) mass is 247 g/mol. The Morgan fingerprint density at radius 3 is 3.11 bits per heavy atom. The Labute approximate surface area is 105 Å². The van der Waals surface area contributed by atoms with E-state index in [4.69, 9.17) is 10.3 Å². The predicted octanol–water partition coefficient (Wildman–Crippen LogP) is 1.31. The van der Waals surface area contributed by atoms with Gasteiger partial charge in [-0.3, -0.25) is 0 Å². The van der Waals surface area contributed by atoms with Gasteiger partial charge in [0.25, 0.3) is 0 Å². The van der Waals surface area contributed by atoms with E-state index in [9.17, 15) is 0 Å². The van der Waals surface area contributed by atoms with Gasteiger partial charge in [0.05, 0.1) is 12.5 Å². The topological polar surface area (TPSA) is 82.8 Å². The SMILES string of the molecule is Cn1cncc1-c1noc(C2CCCC2CN)n1. The van der Waals surface area contributed by atoms with Gasteiger partial charge in [-0.25, -0.2) is 4.98 Å². The van der Waals surface area contributed by atoms with E-state index in [0.717, 1.165) is 24.4 Å². The van der Waals surface area contributed by atoms with Crippen LogP contribution in [-0.4, -0.2) is 26.2 Å². The molecule has 96 valence electrons. The minimum atomic E-state index is 0.324. The van der Waals surface area contributed by atoms with Crippen molar-refractivity contribution >= 4 is 0 Å². The second-order valence-electron chi connectivity index (χ2n) is 4.88. The predicted molar refractivity (Wildman–Crippen MR) is 65.6 cm³/mol. The normalized spacial score (nSPS) is 23.7. The van der Waals surface area contributed by atoms with Gasteiger partial charge in [0.1, 0.15) is 5.69 Å². The van der Waals surface area contributed by atoms with E-state index < -0.39 is 0 Å². The second-order valence-corrected chi connectivity index (χ2v) is 4.88. The molecular weight excluding hydrogens is 230 g/mol. The third kappa shape index (κ3) is 1.82. The number of nitrogens with zero attached hydrogens (tertiary/aromatic N) is 4. The molecule has 6 heteroatoms. The van der Waals surface area contributed by atoms with Crippen LogP contribution in [0.1, 0.15) is 31.1 Å². The molecule has 1 saturated carbocycles. The largest absolute Gasteiger partial charge is 0.339 e. The second kappa shape index (κ2) is 4.53. The van der Waals surface area contributed by atoms with Crippen molar-refractivity contribution in [3.05, 3.63) is 18.4 Å². The van der Waals surface area contributed by atoms with Gasteiger partial charge < -0.3 is 14.8 Å². The van der Waals surface area contributed by atoms with E-state index in [1.165, 1.54) is 6.42 Å². The van der Waals surface area contributed by atoms with E-state index in [1.807, 2.05) is 11.6 Å². The molecule has 0 bridgehead atoms. The Hall–Kier alpha value is -1.69. The smallest absolute Gasteiger partial charge is 0.230 e. The van der Waals surface area contributed by atoms with E-state index in [0.29, 0.717) is 24.2 Å². The summed E-state index contributed by atoms with van der Waals surface area (Å²) in [5.41, 5.74) is 6.65. The highest BCUT2D eigenvalue weighted by Gasteiger charge is 2.32. The molecule has 0 saturated heterocycles. The highest BCUT2D eigenvalue weighted by atomic mass is 16.5. The van der Waals surface area contributed by atoms with Crippen molar-refractivity contribution in [1.29, 1.82) is 0 Å². The summed E-state index contributed by atoms with van der Waals surface area (Å²) in [6.07, 6.45) is 6.91. The number of imidazole rings is 1. The maximum Gasteiger partial charge on any atom is 0.230 e. The zero-order valence-electron chi connectivity index (χ0n) is 10.4. The lowest BCUT2D eigenvalue weighted by atomic mass is 9.96. The highest BCUT2D eigenvalue weighted by molar-refractivity contribution is 5.47. The summed E-state index contributed by atoms with van der Waals surface area (Å²) in [6.45, 7) is 0.689. The first-order valence-electron chi connectivity index (χ1n) is 6.30. The fraction of sp³-hybridized carbons (Fsp3) is 0.583. The Morgan fingerprint density at radius 1 is 1.50 bits per heavy atom. The molecule has 2 aromatic rings. The molecule has 1 aliphatic rings. The molecule has 18 heavy (non-hydrogen) atoms. The number of hydrogen-bond donors (Lipinski definition) is 1. The number of hydrogen-bond acceptors (Lipinski definition) is 5. The van der Waals surface area contributed by atoms with Crippen LogP contribution >= 0.6 is 0 Å². The lowest BCUT2D eigenvalue weighted by molar-refractivity contribution is 0.326. The third-order valence-electron chi connectivity index (χ3n) is 3.77. The Morgan fingerprint density at radius 2 is 2.39 bits per heavy atom. The molecule has 2 unspecified atom stereocenters. The van der Waals surface area contributed by atoms with E-state index in [1.54, 1.807) is 12.5 Å². The van der Waals surface area contributed by atoms with Gasteiger partial charge in [-0.2, -0.15) is 4.98 Å². The van der Waals surface area contributed by atoms with Crippen LogP contribution < -0.4 is 5.73 Å². The molecule has 0 radical (unpaired) electrons. The van der Waals surface area contributed by atoms with E-state index in [-0.39, 0.29) is 0 Å². The minimum Gasteiger partial charge on any atom is -0.339 e. The lowest BCUT2D eigenvalue weighted by Gasteiger charge is -2.12. The number of aryl methyl sites for hydroxylation is 1. The Bertz CT molecular complexity index is 532. The molecule has 2 aromatic heterocycles. The van der Waals surface area contributed by atoms with Gasteiger partial charge in [0, 0.05) is 13.0 Å². The first-order valence-corrected chi connectivity index (χ1v) is 6.30. The molecule has 6 nitrogen and oxygen atoms in total.